The Morgan fingerprint density at radius 3 is 2.43 bits per heavy atom. The number of hydrogen-bond donors (Lipinski definition) is 0. The van der Waals surface area contributed by atoms with Crippen molar-refractivity contribution in [3.8, 4) is 0 Å². The van der Waals surface area contributed by atoms with Gasteiger partial charge in [0.05, 0.1) is 11.2 Å². The van der Waals surface area contributed by atoms with Gasteiger partial charge in [-0.15, -0.1) is 22.7 Å². The maximum absolute atomic E-state index is 12.8. The molecule has 1 aliphatic carbocycles. The Morgan fingerprint density at radius 1 is 0.952 bits per heavy atom. The molecule has 0 aliphatic heterocycles. The topological polar surface area (TPSA) is 30.0 Å². The summed E-state index contributed by atoms with van der Waals surface area (Å²) in [5.41, 5.74) is 6.33. The fraction of sp³-hybridized carbons (Fsp3) is 0.0588. The first kappa shape index (κ1) is 12.7. The second-order valence-corrected chi connectivity index (χ2v) is 6.87. The average Bonchev–Trinajstić information content (AvgIpc) is 3.19. The Labute approximate surface area is 130 Å². The lowest BCUT2D eigenvalue weighted by atomic mass is 10.0. The fourth-order valence-electron chi connectivity index (χ4n) is 2.73. The molecule has 0 amide bonds. The van der Waals surface area contributed by atoms with Crippen molar-refractivity contribution in [1.29, 1.82) is 0 Å². The molecule has 3 aromatic rings. The standard InChI is InChI=1S/C17H11NOS2/c1-10-16(18-9-21-10)14-11-5-2-3-6-12(11)17(19)15(14)13-7-4-8-20-13/h2-9H,1H3. The van der Waals surface area contributed by atoms with Gasteiger partial charge in [-0.3, -0.25) is 4.79 Å². The summed E-state index contributed by atoms with van der Waals surface area (Å²) < 4.78 is 0. The number of carbonyl (C=O) groups is 1. The number of Topliss-reactive ketones (excluding diaryl/α,β-unsaturated/α-hetero) is 1. The molecule has 0 fully saturated rings. The molecular formula is C17H11NOS2. The molecule has 1 aliphatic rings. The third-order valence-electron chi connectivity index (χ3n) is 3.67. The van der Waals surface area contributed by atoms with Crippen LogP contribution in [-0.4, -0.2) is 10.8 Å². The van der Waals surface area contributed by atoms with Gasteiger partial charge in [0.15, 0.2) is 5.78 Å². The fourth-order valence-corrected chi connectivity index (χ4v) is 4.09. The van der Waals surface area contributed by atoms with Crippen LogP contribution in [0.3, 0.4) is 0 Å². The van der Waals surface area contributed by atoms with Crippen LogP contribution in [0.15, 0.2) is 47.3 Å². The van der Waals surface area contributed by atoms with E-state index in [4.69, 9.17) is 0 Å². The van der Waals surface area contributed by atoms with Crippen LogP contribution in [0, 0.1) is 6.92 Å². The monoisotopic (exact) mass is 309 g/mol. The summed E-state index contributed by atoms with van der Waals surface area (Å²) in [6.07, 6.45) is 0. The van der Waals surface area contributed by atoms with Crippen LogP contribution in [0.25, 0.3) is 11.1 Å². The molecule has 21 heavy (non-hydrogen) atoms. The summed E-state index contributed by atoms with van der Waals surface area (Å²) in [4.78, 5) is 19.5. The van der Waals surface area contributed by atoms with E-state index in [1.165, 1.54) is 0 Å². The first-order chi connectivity index (χ1) is 10.3. The molecule has 102 valence electrons. The number of aryl methyl sites for hydroxylation is 1. The molecule has 0 atom stereocenters. The second kappa shape index (κ2) is 4.76. The quantitative estimate of drug-likeness (QED) is 0.688. The van der Waals surface area contributed by atoms with Gasteiger partial charge in [-0.2, -0.15) is 0 Å². The van der Waals surface area contributed by atoms with Gasteiger partial charge < -0.3 is 0 Å². The number of thiazole rings is 1. The highest BCUT2D eigenvalue weighted by molar-refractivity contribution is 7.12. The zero-order valence-electron chi connectivity index (χ0n) is 11.3. The molecule has 0 saturated carbocycles. The molecule has 2 heterocycles. The van der Waals surface area contributed by atoms with E-state index in [2.05, 4.69) is 11.9 Å². The minimum atomic E-state index is 0.107. The lowest BCUT2D eigenvalue weighted by Crippen LogP contribution is -1.96. The van der Waals surface area contributed by atoms with Gasteiger partial charge in [-0.1, -0.05) is 30.3 Å². The maximum atomic E-state index is 12.8. The maximum Gasteiger partial charge on any atom is 0.195 e. The van der Waals surface area contributed by atoms with Crippen molar-refractivity contribution >= 4 is 39.6 Å². The molecule has 0 radical (unpaired) electrons. The van der Waals surface area contributed by atoms with Gasteiger partial charge in [-0.05, 0) is 23.9 Å². The number of hydrogen-bond acceptors (Lipinski definition) is 4. The van der Waals surface area contributed by atoms with Gasteiger partial charge in [0.2, 0.25) is 0 Å². The first-order valence-electron chi connectivity index (χ1n) is 6.60. The summed E-state index contributed by atoms with van der Waals surface area (Å²) in [6.45, 7) is 2.05. The zero-order chi connectivity index (χ0) is 14.4. The molecule has 0 saturated heterocycles. The predicted octanol–water partition coefficient (Wildman–Crippen LogP) is 4.67. The summed E-state index contributed by atoms with van der Waals surface area (Å²) in [5.74, 6) is 0.107. The predicted molar refractivity (Wildman–Crippen MR) is 87.9 cm³/mol. The highest BCUT2D eigenvalue weighted by Crippen LogP contribution is 2.43. The van der Waals surface area contributed by atoms with Crippen LogP contribution in [0.5, 0.6) is 0 Å². The third kappa shape index (κ3) is 1.83. The van der Waals surface area contributed by atoms with Crippen LogP contribution in [0.2, 0.25) is 0 Å². The first-order valence-corrected chi connectivity index (χ1v) is 8.36. The summed E-state index contributed by atoms with van der Waals surface area (Å²) in [7, 11) is 0. The molecule has 4 heteroatoms. The van der Waals surface area contributed by atoms with Crippen LogP contribution < -0.4 is 0 Å². The number of allylic oxidation sites excluding steroid dienone is 1. The number of benzene rings is 1. The normalized spacial score (nSPS) is 13.9. The Bertz CT molecular complexity index is 872. The van der Waals surface area contributed by atoms with Gasteiger partial charge in [0, 0.05) is 26.5 Å². The summed E-state index contributed by atoms with van der Waals surface area (Å²) in [5, 5.41) is 2.00. The van der Waals surface area contributed by atoms with E-state index in [1.807, 2.05) is 47.3 Å². The van der Waals surface area contributed by atoms with Crippen molar-refractivity contribution in [3.63, 3.8) is 0 Å². The summed E-state index contributed by atoms with van der Waals surface area (Å²) >= 11 is 3.21. The number of carbonyl (C=O) groups excluding carboxylic acids is 1. The van der Waals surface area contributed by atoms with Gasteiger partial charge in [0.1, 0.15) is 0 Å². The largest absolute Gasteiger partial charge is 0.289 e. The summed E-state index contributed by atoms with van der Waals surface area (Å²) in [6, 6.07) is 11.8. The highest BCUT2D eigenvalue weighted by Gasteiger charge is 2.33. The van der Waals surface area contributed by atoms with E-state index in [0.29, 0.717) is 0 Å². The zero-order valence-corrected chi connectivity index (χ0v) is 12.9. The number of fused-ring (bicyclic) bond motifs is 1. The number of aromatic nitrogens is 1. The van der Waals surface area contributed by atoms with E-state index < -0.39 is 0 Å². The lowest BCUT2D eigenvalue weighted by Gasteiger charge is -2.05. The molecule has 0 N–H and O–H groups in total. The van der Waals surface area contributed by atoms with Gasteiger partial charge >= 0.3 is 0 Å². The van der Waals surface area contributed by atoms with Crippen LogP contribution in [0.4, 0.5) is 0 Å². The van der Waals surface area contributed by atoms with E-state index in [-0.39, 0.29) is 5.78 Å². The highest BCUT2D eigenvalue weighted by atomic mass is 32.1. The Balaban J connectivity index is 2.08. The number of thiophene rings is 1. The SMILES string of the molecule is Cc1scnc1C1=C(c2cccs2)C(=O)c2ccccc21. The van der Waals surface area contributed by atoms with Crippen LogP contribution >= 0.6 is 22.7 Å². The van der Waals surface area contributed by atoms with Crippen molar-refractivity contribution in [2.45, 2.75) is 6.92 Å². The lowest BCUT2D eigenvalue weighted by molar-refractivity contribution is 0.105. The molecule has 1 aromatic carbocycles. The van der Waals surface area contributed by atoms with Crippen molar-refractivity contribution in [1.82, 2.24) is 4.98 Å². The minimum absolute atomic E-state index is 0.107. The van der Waals surface area contributed by atoms with Crippen molar-refractivity contribution < 1.29 is 4.79 Å². The third-order valence-corrected chi connectivity index (χ3v) is 5.31. The number of nitrogens with zero attached hydrogens (tertiary/aromatic N) is 1. The van der Waals surface area contributed by atoms with E-state index in [9.17, 15) is 4.79 Å². The van der Waals surface area contributed by atoms with Gasteiger partial charge in [-0.25, -0.2) is 4.98 Å². The minimum Gasteiger partial charge on any atom is -0.289 e. The molecule has 2 nitrogen and oxygen atoms in total. The molecule has 0 bridgehead atoms. The van der Waals surface area contributed by atoms with Crippen molar-refractivity contribution in [2.75, 3.05) is 0 Å². The number of ketones is 1. The van der Waals surface area contributed by atoms with E-state index in [0.717, 1.165) is 37.7 Å². The Morgan fingerprint density at radius 2 is 1.76 bits per heavy atom. The Kier molecular flexibility index (Phi) is 2.87. The number of rotatable bonds is 2. The van der Waals surface area contributed by atoms with Crippen molar-refractivity contribution in [2.24, 2.45) is 0 Å². The molecular weight excluding hydrogens is 298 g/mol. The van der Waals surface area contributed by atoms with Crippen LogP contribution in [-0.2, 0) is 0 Å². The molecule has 4 rings (SSSR count). The molecule has 0 unspecified atom stereocenters. The van der Waals surface area contributed by atoms with Crippen LogP contribution in [0.1, 0.15) is 31.4 Å². The van der Waals surface area contributed by atoms with Gasteiger partial charge in [0.25, 0.3) is 0 Å². The van der Waals surface area contributed by atoms with Crippen molar-refractivity contribution in [3.05, 3.63) is 73.9 Å². The van der Waals surface area contributed by atoms with E-state index >= 15 is 0 Å². The second-order valence-electron chi connectivity index (χ2n) is 4.86. The molecule has 0 spiro atoms. The Hall–Kier alpha value is -2.04. The smallest absolute Gasteiger partial charge is 0.195 e. The average molecular weight is 309 g/mol. The molecule has 2 aromatic heterocycles. The van der Waals surface area contributed by atoms with E-state index in [1.54, 1.807) is 22.7 Å².